The summed E-state index contributed by atoms with van der Waals surface area (Å²) in [6, 6.07) is 10.6. The second kappa shape index (κ2) is 5.69. The van der Waals surface area contributed by atoms with E-state index in [1.807, 2.05) is 0 Å². The Kier molecular flexibility index (Phi) is 3.57. The lowest BCUT2D eigenvalue weighted by Gasteiger charge is -2.14. The number of benzene rings is 1. The van der Waals surface area contributed by atoms with Crippen LogP contribution in [0, 0.1) is 0 Å². The molecule has 0 aliphatic carbocycles. The molecule has 2 heterocycles. The first-order chi connectivity index (χ1) is 10.6. The molecule has 0 unspecified atom stereocenters. The van der Waals surface area contributed by atoms with Gasteiger partial charge in [-0.2, -0.15) is 0 Å². The number of amides is 1. The largest absolute Gasteiger partial charge is 0.479 e. The standard InChI is InChI=1S/C16H12N2O4/c19-15(11-8-13-12(17-9-11)6-7-22-13)18-14(16(20)21)10-4-2-1-3-5-10/h1-9,14H,(H,18,19)(H,20,21)/t14-/m1/s1. The van der Waals surface area contributed by atoms with Crippen LogP contribution >= 0.6 is 0 Å². The minimum atomic E-state index is -1.13. The molecule has 0 bridgehead atoms. The number of nitrogens with zero attached hydrogens (tertiary/aromatic N) is 1. The fourth-order valence-electron chi connectivity index (χ4n) is 2.12. The van der Waals surface area contributed by atoms with Crippen molar-refractivity contribution in [2.45, 2.75) is 6.04 Å². The zero-order valence-corrected chi connectivity index (χ0v) is 11.4. The van der Waals surface area contributed by atoms with Crippen LogP contribution in [0.25, 0.3) is 11.1 Å². The van der Waals surface area contributed by atoms with E-state index in [0.29, 0.717) is 16.7 Å². The van der Waals surface area contributed by atoms with E-state index < -0.39 is 17.9 Å². The van der Waals surface area contributed by atoms with Crippen molar-refractivity contribution in [3.8, 4) is 0 Å². The molecule has 0 aliphatic rings. The molecule has 6 heteroatoms. The van der Waals surface area contributed by atoms with Crippen LogP contribution in [-0.2, 0) is 4.79 Å². The van der Waals surface area contributed by atoms with E-state index in [0.717, 1.165) is 0 Å². The number of hydrogen-bond acceptors (Lipinski definition) is 4. The minimum absolute atomic E-state index is 0.240. The van der Waals surface area contributed by atoms with E-state index in [-0.39, 0.29) is 5.56 Å². The Morgan fingerprint density at radius 2 is 1.95 bits per heavy atom. The van der Waals surface area contributed by atoms with Crippen molar-refractivity contribution in [1.82, 2.24) is 10.3 Å². The molecule has 2 aromatic heterocycles. The van der Waals surface area contributed by atoms with E-state index in [1.54, 1.807) is 36.4 Å². The van der Waals surface area contributed by atoms with Gasteiger partial charge in [0.15, 0.2) is 11.6 Å². The number of pyridine rings is 1. The summed E-state index contributed by atoms with van der Waals surface area (Å²) >= 11 is 0. The van der Waals surface area contributed by atoms with Gasteiger partial charge in [-0.3, -0.25) is 9.78 Å². The number of carboxylic acid groups (broad SMARTS) is 1. The molecule has 3 aromatic rings. The average Bonchev–Trinajstić information content (AvgIpc) is 3.00. The van der Waals surface area contributed by atoms with Gasteiger partial charge in [-0.05, 0) is 11.6 Å². The summed E-state index contributed by atoms with van der Waals surface area (Å²) < 4.78 is 5.19. The normalized spacial score (nSPS) is 12.0. The first-order valence-corrected chi connectivity index (χ1v) is 6.57. The van der Waals surface area contributed by atoms with Crippen LogP contribution in [0.2, 0.25) is 0 Å². The van der Waals surface area contributed by atoms with E-state index in [9.17, 15) is 14.7 Å². The maximum atomic E-state index is 12.2. The van der Waals surface area contributed by atoms with Crippen molar-refractivity contribution in [3.05, 3.63) is 66.1 Å². The molecule has 0 saturated carbocycles. The van der Waals surface area contributed by atoms with Gasteiger partial charge < -0.3 is 14.8 Å². The van der Waals surface area contributed by atoms with E-state index in [2.05, 4.69) is 10.3 Å². The highest BCUT2D eigenvalue weighted by Crippen LogP contribution is 2.16. The molecule has 0 spiro atoms. The number of aliphatic carboxylic acids is 1. The number of carbonyl (C=O) groups is 2. The number of carboxylic acids is 1. The smallest absolute Gasteiger partial charge is 0.330 e. The highest BCUT2D eigenvalue weighted by Gasteiger charge is 2.22. The highest BCUT2D eigenvalue weighted by molar-refractivity contribution is 5.98. The Labute approximate surface area is 125 Å². The molecular formula is C16H12N2O4. The third kappa shape index (κ3) is 2.67. The molecule has 1 aromatic carbocycles. The summed E-state index contributed by atoms with van der Waals surface area (Å²) in [5.41, 5.74) is 1.84. The molecule has 1 atom stereocenters. The van der Waals surface area contributed by atoms with Crippen molar-refractivity contribution in [1.29, 1.82) is 0 Å². The van der Waals surface area contributed by atoms with Gasteiger partial charge in [0.2, 0.25) is 0 Å². The van der Waals surface area contributed by atoms with E-state index >= 15 is 0 Å². The molecule has 22 heavy (non-hydrogen) atoms. The van der Waals surface area contributed by atoms with Gasteiger partial charge in [0.25, 0.3) is 5.91 Å². The fraction of sp³-hybridized carbons (Fsp3) is 0.0625. The molecule has 3 rings (SSSR count). The quantitative estimate of drug-likeness (QED) is 0.771. The lowest BCUT2D eigenvalue weighted by atomic mass is 10.1. The molecule has 0 aliphatic heterocycles. The maximum absolute atomic E-state index is 12.2. The predicted octanol–water partition coefficient (Wildman–Crippen LogP) is 2.38. The van der Waals surface area contributed by atoms with Crippen LogP contribution in [0.4, 0.5) is 0 Å². The number of aromatic nitrogens is 1. The predicted molar refractivity (Wildman–Crippen MR) is 78.3 cm³/mol. The fourth-order valence-corrected chi connectivity index (χ4v) is 2.12. The molecule has 0 radical (unpaired) electrons. The van der Waals surface area contributed by atoms with Crippen LogP contribution in [0.1, 0.15) is 22.0 Å². The van der Waals surface area contributed by atoms with Gasteiger partial charge in [0.1, 0.15) is 5.52 Å². The lowest BCUT2D eigenvalue weighted by Crippen LogP contribution is -2.33. The summed E-state index contributed by atoms with van der Waals surface area (Å²) in [5.74, 6) is -1.66. The van der Waals surface area contributed by atoms with Gasteiger partial charge in [-0.1, -0.05) is 30.3 Å². The molecule has 2 N–H and O–H groups in total. The SMILES string of the molecule is O=C(N[C@@H](C(=O)O)c1ccccc1)c1cnc2ccoc2c1. The summed E-state index contributed by atoms with van der Waals surface area (Å²) in [7, 11) is 0. The molecule has 0 saturated heterocycles. The second-order valence-corrected chi connectivity index (χ2v) is 4.68. The van der Waals surface area contributed by atoms with E-state index in [4.69, 9.17) is 4.42 Å². The number of fused-ring (bicyclic) bond motifs is 1. The van der Waals surface area contributed by atoms with Crippen molar-refractivity contribution in [2.75, 3.05) is 0 Å². The molecular weight excluding hydrogens is 284 g/mol. The first kappa shape index (κ1) is 13.8. The average molecular weight is 296 g/mol. The topological polar surface area (TPSA) is 92.4 Å². The van der Waals surface area contributed by atoms with Gasteiger partial charge in [0, 0.05) is 12.3 Å². The molecule has 110 valence electrons. The molecule has 0 fully saturated rings. The van der Waals surface area contributed by atoms with Crippen LogP contribution < -0.4 is 5.32 Å². The summed E-state index contributed by atoms with van der Waals surface area (Å²) in [6.45, 7) is 0. The van der Waals surface area contributed by atoms with Gasteiger partial charge in [0.05, 0.1) is 11.8 Å². The second-order valence-electron chi connectivity index (χ2n) is 4.68. The van der Waals surface area contributed by atoms with Gasteiger partial charge in [-0.25, -0.2) is 4.79 Å². The summed E-state index contributed by atoms with van der Waals surface area (Å²) in [4.78, 5) is 27.7. The van der Waals surface area contributed by atoms with Crippen LogP contribution in [0.3, 0.4) is 0 Å². The Morgan fingerprint density at radius 3 is 2.68 bits per heavy atom. The Hall–Kier alpha value is -3.15. The van der Waals surface area contributed by atoms with Crippen LogP contribution in [0.5, 0.6) is 0 Å². The van der Waals surface area contributed by atoms with E-state index in [1.165, 1.54) is 18.5 Å². The van der Waals surface area contributed by atoms with Gasteiger partial charge >= 0.3 is 5.97 Å². The lowest BCUT2D eigenvalue weighted by molar-refractivity contribution is -0.139. The Morgan fingerprint density at radius 1 is 1.18 bits per heavy atom. The third-order valence-corrected chi connectivity index (χ3v) is 3.22. The maximum Gasteiger partial charge on any atom is 0.330 e. The zero-order valence-electron chi connectivity index (χ0n) is 11.4. The van der Waals surface area contributed by atoms with Crippen LogP contribution in [-0.4, -0.2) is 22.0 Å². The van der Waals surface area contributed by atoms with Crippen molar-refractivity contribution < 1.29 is 19.1 Å². The molecule has 6 nitrogen and oxygen atoms in total. The number of rotatable bonds is 4. The first-order valence-electron chi connectivity index (χ1n) is 6.57. The minimum Gasteiger partial charge on any atom is -0.479 e. The number of hydrogen-bond donors (Lipinski definition) is 2. The summed E-state index contributed by atoms with van der Waals surface area (Å²) in [6.07, 6.45) is 2.86. The number of furan rings is 1. The number of carbonyl (C=O) groups excluding carboxylic acids is 1. The molecule has 1 amide bonds. The Balaban J connectivity index is 1.86. The third-order valence-electron chi connectivity index (χ3n) is 3.22. The number of nitrogens with one attached hydrogen (secondary N) is 1. The van der Waals surface area contributed by atoms with Gasteiger partial charge in [-0.15, -0.1) is 0 Å². The summed E-state index contributed by atoms with van der Waals surface area (Å²) in [5, 5.41) is 11.8. The zero-order chi connectivity index (χ0) is 15.5. The Bertz CT molecular complexity index is 826. The monoisotopic (exact) mass is 296 g/mol. The highest BCUT2D eigenvalue weighted by atomic mass is 16.4. The van der Waals surface area contributed by atoms with Crippen molar-refractivity contribution in [2.24, 2.45) is 0 Å². The van der Waals surface area contributed by atoms with Crippen LogP contribution in [0.15, 0.2) is 59.3 Å². The van der Waals surface area contributed by atoms with Crippen molar-refractivity contribution in [3.63, 3.8) is 0 Å². The van der Waals surface area contributed by atoms with Crippen molar-refractivity contribution >= 4 is 23.0 Å².